The van der Waals surface area contributed by atoms with Crippen LogP contribution in [0, 0.1) is 0 Å². The largest absolute Gasteiger partial charge is 0.475 e. The summed E-state index contributed by atoms with van der Waals surface area (Å²) in [7, 11) is 0. The number of ether oxygens (including phenoxy) is 1. The fourth-order valence-corrected chi connectivity index (χ4v) is 5.70. The molecule has 1 saturated heterocycles. The first-order valence-electron chi connectivity index (χ1n) is 12.4. The number of nitrogens with zero attached hydrogens (tertiary/aromatic N) is 2. The van der Waals surface area contributed by atoms with Gasteiger partial charge in [0.1, 0.15) is 5.75 Å². The van der Waals surface area contributed by atoms with Crippen molar-refractivity contribution < 1.29 is 19.1 Å². The van der Waals surface area contributed by atoms with Crippen LogP contribution in [-0.4, -0.2) is 66.5 Å². The number of nitrogens with one attached hydrogen (secondary N) is 2. The maximum Gasteiger partial charge on any atom is 0.271 e. The maximum atomic E-state index is 13.6. The molecular weight excluding hydrogens is 420 g/mol. The topological polar surface area (TPSA) is 91.0 Å². The summed E-state index contributed by atoms with van der Waals surface area (Å²) in [6.45, 7) is 6.49. The summed E-state index contributed by atoms with van der Waals surface area (Å²) in [4.78, 5) is 42.6. The van der Waals surface area contributed by atoms with E-state index in [4.69, 9.17) is 4.74 Å². The second kappa shape index (κ2) is 8.63. The summed E-state index contributed by atoms with van der Waals surface area (Å²) < 4.78 is 6.31. The van der Waals surface area contributed by atoms with Crippen molar-refractivity contribution in [2.75, 3.05) is 31.1 Å². The minimum Gasteiger partial charge on any atom is -0.475 e. The van der Waals surface area contributed by atoms with Crippen molar-refractivity contribution in [2.45, 2.75) is 76.5 Å². The van der Waals surface area contributed by atoms with Crippen LogP contribution >= 0.6 is 0 Å². The van der Waals surface area contributed by atoms with Gasteiger partial charge >= 0.3 is 0 Å². The number of carbonyl (C=O) groups excluding carboxylic acids is 3. The van der Waals surface area contributed by atoms with Crippen molar-refractivity contribution in [3.63, 3.8) is 0 Å². The standard InChI is InChI=1S/C25H34N4O4/c1-3-22(30)27-10-11-28-20-14-19-17(13-21(20)33-25(24(28)32)7-5-8-25)12-16(2)29(23(19)31)18-6-4-9-26-15-18/h13-14,16,18,26H,3-12,15H2,1-2H3,(H,27,30). The number of benzene rings is 1. The first kappa shape index (κ1) is 22.2. The molecule has 0 aromatic heterocycles. The summed E-state index contributed by atoms with van der Waals surface area (Å²) in [5.74, 6) is 0.621. The van der Waals surface area contributed by atoms with Crippen molar-refractivity contribution in [1.29, 1.82) is 0 Å². The lowest BCUT2D eigenvalue weighted by Crippen LogP contribution is -2.61. The van der Waals surface area contributed by atoms with Gasteiger partial charge in [-0.25, -0.2) is 0 Å². The number of amides is 3. The van der Waals surface area contributed by atoms with Gasteiger partial charge in [-0.15, -0.1) is 0 Å². The third-order valence-electron chi connectivity index (χ3n) is 7.68. The maximum absolute atomic E-state index is 13.6. The second-order valence-corrected chi connectivity index (χ2v) is 9.85. The molecule has 1 aromatic rings. The highest BCUT2D eigenvalue weighted by Gasteiger charge is 2.53. The molecule has 8 heteroatoms. The van der Waals surface area contributed by atoms with Crippen LogP contribution in [0.3, 0.4) is 0 Å². The van der Waals surface area contributed by atoms with Gasteiger partial charge in [0.25, 0.3) is 11.8 Å². The Bertz CT molecular complexity index is 967. The van der Waals surface area contributed by atoms with Crippen molar-refractivity contribution >= 4 is 23.4 Å². The van der Waals surface area contributed by atoms with Gasteiger partial charge in [-0.2, -0.15) is 0 Å². The highest BCUT2D eigenvalue weighted by Crippen LogP contribution is 2.48. The molecule has 3 aliphatic heterocycles. The van der Waals surface area contributed by atoms with Crippen LogP contribution in [0.5, 0.6) is 5.75 Å². The van der Waals surface area contributed by atoms with E-state index in [1.165, 1.54) is 0 Å². The summed E-state index contributed by atoms with van der Waals surface area (Å²) >= 11 is 0. The van der Waals surface area contributed by atoms with E-state index in [9.17, 15) is 14.4 Å². The number of hydrogen-bond donors (Lipinski definition) is 2. The third-order valence-corrected chi connectivity index (χ3v) is 7.68. The molecule has 1 spiro atoms. The number of hydrogen-bond acceptors (Lipinski definition) is 5. The van der Waals surface area contributed by atoms with Crippen LogP contribution in [0.2, 0.25) is 0 Å². The lowest BCUT2D eigenvalue weighted by atomic mass is 9.77. The van der Waals surface area contributed by atoms with Gasteiger partial charge in [0, 0.05) is 43.7 Å². The minimum atomic E-state index is -0.792. The van der Waals surface area contributed by atoms with Crippen molar-refractivity contribution in [3.8, 4) is 5.75 Å². The van der Waals surface area contributed by atoms with E-state index in [1.54, 1.807) is 11.8 Å². The fraction of sp³-hybridized carbons (Fsp3) is 0.640. The Morgan fingerprint density at radius 2 is 2.09 bits per heavy atom. The van der Waals surface area contributed by atoms with Gasteiger partial charge in [0.15, 0.2) is 5.60 Å². The zero-order valence-electron chi connectivity index (χ0n) is 19.6. The monoisotopic (exact) mass is 454 g/mol. The quantitative estimate of drug-likeness (QED) is 0.710. The molecule has 3 amide bonds. The van der Waals surface area contributed by atoms with Gasteiger partial charge in [-0.3, -0.25) is 14.4 Å². The molecule has 178 valence electrons. The summed E-state index contributed by atoms with van der Waals surface area (Å²) in [6.07, 6.45) is 5.64. The fourth-order valence-electron chi connectivity index (χ4n) is 5.70. The molecule has 0 bridgehead atoms. The number of carbonyl (C=O) groups is 3. The molecule has 2 fully saturated rings. The first-order valence-corrected chi connectivity index (χ1v) is 12.4. The Morgan fingerprint density at radius 3 is 2.76 bits per heavy atom. The number of anilines is 1. The van der Waals surface area contributed by atoms with E-state index >= 15 is 0 Å². The molecular formula is C25H34N4O4. The Kier molecular flexibility index (Phi) is 5.80. The SMILES string of the molecule is CCC(=O)NCCN1C(=O)C2(CCC2)Oc2cc3c(cc21)C(=O)N(C1CCCNC1)C(C)C3. The molecule has 1 aliphatic carbocycles. The van der Waals surface area contributed by atoms with Gasteiger partial charge < -0.3 is 25.2 Å². The zero-order chi connectivity index (χ0) is 23.2. The van der Waals surface area contributed by atoms with Crippen LogP contribution in [0.25, 0.3) is 0 Å². The van der Waals surface area contributed by atoms with Crippen LogP contribution < -0.4 is 20.3 Å². The van der Waals surface area contributed by atoms with Crippen molar-refractivity contribution in [2.24, 2.45) is 0 Å². The Hall–Kier alpha value is -2.61. The van der Waals surface area contributed by atoms with E-state index in [-0.39, 0.29) is 29.8 Å². The molecule has 2 atom stereocenters. The van der Waals surface area contributed by atoms with E-state index in [0.717, 1.165) is 44.3 Å². The highest BCUT2D eigenvalue weighted by atomic mass is 16.5. The smallest absolute Gasteiger partial charge is 0.271 e. The minimum absolute atomic E-state index is 0.0378. The first-order chi connectivity index (χ1) is 15.9. The lowest BCUT2D eigenvalue weighted by Gasteiger charge is -2.48. The van der Waals surface area contributed by atoms with Crippen LogP contribution in [0.1, 0.15) is 68.3 Å². The molecule has 5 rings (SSSR count). The van der Waals surface area contributed by atoms with Gasteiger partial charge in [-0.05, 0) is 69.7 Å². The van der Waals surface area contributed by atoms with Crippen LogP contribution in [0.15, 0.2) is 12.1 Å². The highest BCUT2D eigenvalue weighted by molar-refractivity contribution is 6.06. The zero-order valence-corrected chi connectivity index (χ0v) is 19.6. The Labute approximate surface area is 195 Å². The predicted molar refractivity (Wildman–Crippen MR) is 125 cm³/mol. The van der Waals surface area contributed by atoms with E-state index in [1.807, 2.05) is 17.0 Å². The average molecular weight is 455 g/mol. The normalized spacial score (nSPS) is 25.8. The van der Waals surface area contributed by atoms with E-state index < -0.39 is 5.60 Å². The Balaban J connectivity index is 1.47. The van der Waals surface area contributed by atoms with Gasteiger partial charge in [0.2, 0.25) is 5.91 Å². The molecule has 3 heterocycles. The van der Waals surface area contributed by atoms with Crippen LogP contribution in [-0.2, 0) is 16.0 Å². The summed E-state index contributed by atoms with van der Waals surface area (Å²) in [5.41, 5.74) is 1.52. The van der Waals surface area contributed by atoms with Crippen molar-refractivity contribution in [3.05, 3.63) is 23.3 Å². The predicted octanol–water partition coefficient (Wildman–Crippen LogP) is 2.00. The Morgan fingerprint density at radius 1 is 1.27 bits per heavy atom. The lowest BCUT2D eigenvalue weighted by molar-refractivity contribution is -0.143. The molecule has 0 radical (unpaired) electrons. The molecule has 2 unspecified atom stereocenters. The number of fused-ring (bicyclic) bond motifs is 2. The van der Waals surface area contributed by atoms with Gasteiger partial charge in [-0.1, -0.05) is 6.92 Å². The third kappa shape index (κ3) is 3.78. The van der Waals surface area contributed by atoms with Crippen LogP contribution in [0.4, 0.5) is 5.69 Å². The molecule has 8 nitrogen and oxygen atoms in total. The molecule has 33 heavy (non-hydrogen) atoms. The second-order valence-electron chi connectivity index (χ2n) is 9.85. The number of rotatable bonds is 5. The average Bonchev–Trinajstić information content (AvgIpc) is 2.79. The van der Waals surface area contributed by atoms with Crippen molar-refractivity contribution in [1.82, 2.24) is 15.5 Å². The molecule has 2 N–H and O–H groups in total. The van der Waals surface area contributed by atoms with Gasteiger partial charge in [0.05, 0.1) is 5.69 Å². The summed E-state index contributed by atoms with van der Waals surface area (Å²) in [5, 5.41) is 6.28. The summed E-state index contributed by atoms with van der Waals surface area (Å²) in [6, 6.07) is 4.16. The number of piperidine rings is 1. The van der Waals surface area contributed by atoms with E-state index in [2.05, 4.69) is 17.6 Å². The molecule has 1 saturated carbocycles. The molecule has 4 aliphatic rings. The van der Waals surface area contributed by atoms with E-state index in [0.29, 0.717) is 49.4 Å². The molecule has 1 aromatic carbocycles.